The summed E-state index contributed by atoms with van der Waals surface area (Å²) in [5, 5.41) is 3.85. The molecule has 0 radical (unpaired) electrons. The molecular formula is C13H14BrClN4. The van der Waals surface area contributed by atoms with Gasteiger partial charge in [0.15, 0.2) is 0 Å². The van der Waals surface area contributed by atoms with Crippen molar-refractivity contribution < 1.29 is 0 Å². The van der Waals surface area contributed by atoms with Gasteiger partial charge in [0.05, 0.1) is 5.02 Å². The van der Waals surface area contributed by atoms with Gasteiger partial charge in [-0.05, 0) is 34.1 Å². The molecule has 2 aromatic rings. The first-order chi connectivity index (χ1) is 8.95. The van der Waals surface area contributed by atoms with Crippen LogP contribution in [0.25, 0.3) is 0 Å². The van der Waals surface area contributed by atoms with Gasteiger partial charge in [-0.15, -0.1) is 0 Å². The van der Waals surface area contributed by atoms with E-state index in [4.69, 9.17) is 17.3 Å². The summed E-state index contributed by atoms with van der Waals surface area (Å²) in [5.74, 6) is 2.07. The average Bonchev–Trinajstić information content (AvgIpc) is 2.33. The highest BCUT2D eigenvalue weighted by Crippen LogP contribution is 2.27. The Kier molecular flexibility index (Phi) is 4.27. The van der Waals surface area contributed by atoms with Gasteiger partial charge in [-0.25, -0.2) is 9.97 Å². The van der Waals surface area contributed by atoms with Crippen LogP contribution in [-0.4, -0.2) is 9.97 Å². The quantitative estimate of drug-likeness (QED) is 0.871. The summed E-state index contributed by atoms with van der Waals surface area (Å²) < 4.78 is 0.824. The standard InChI is InChI=1S/C13H14BrClN4/c1-7(2)13-18-11(16)6-12(19-13)17-8-3-4-10(15)9(14)5-8/h3-7H,1-2H3,(H3,16,17,18,19). The maximum Gasteiger partial charge on any atom is 0.136 e. The molecule has 2 rings (SSSR count). The Hall–Kier alpha value is -1.33. The van der Waals surface area contributed by atoms with E-state index in [1.165, 1.54) is 0 Å². The summed E-state index contributed by atoms with van der Waals surface area (Å²) in [6.07, 6.45) is 0. The van der Waals surface area contributed by atoms with Gasteiger partial charge < -0.3 is 11.1 Å². The fourth-order valence-electron chi connectivity index (χ4n) is 1.53. The van der Waals surface area contributed by atoms with E-state index >= 15 is 0 Å². The number of rotatable bonds is 3. The Morgan fingerprint density at radius 1 is 1.26 bits per heavy atom. The lowest BCUT2D eigenvalue weighted by molar-refractivity contribution is 0.779. The highest BCUT2D eigenvalue weighted by Gasteiger charge is 2.07. The van der Waals surface area contributed by atoms with Gasteiger partial charge in [-0.1, -0.05) is 25.4 Å². The Bertz CT molecular complexity index is 601. The van der Waals surface area contributed by atoms with Crippen LogP contribution in [0.1, 0.15) is 25.6 Å². The molecule has 0 saturated heterocycles. The number of nitrogen functional groups attached to an aromatic ring is 1. The van der Waals surface area contributed by atoms with E-state index in [1.807, 2.05) is 32.0 Å². The third-order valence-electron chi connectivity index (χ3n) is 2.47. The van der Waals surface area contributed by atoms with Gasteiger partial charge in [0.25, 0.3) is 0 Å². The van der Waals surface area contributed by atoms with Crippen LogP contribution in [0.3, 0.4) is 0 Å². The van der Waals surface area contributed by atoms with Crippen molar-refractivity contribution in [1.82, 2.24) is 9.97 Å². The molecule has 1 heterocycles. The van der Waals surface area contributed by atoms with Gasteiger partial charge in [-0.3, -0.25) is 0 Å². The molecule has 100 valence electrons. The van der Waals surface area contributed by atoms with Crippen LogP contribution in [0, 0.1) is 0 Å². The topological polar surface area (TPSA) is 63.8 Å². The Labute approximate surface area is 125 Å². The molecule has 4 nitrogen and oxygen atoms in total. The zero-order chi connectivity index (χ0) is 14.0. The molecule has 1 aromatic carbocycles. The first kappa shape index (κ1) is 14.1. The number of nitrogens with two attached hydrogens (primary N) is 1. The molecule has 0 aliphatic rings. The van der Waals surface area contributed by atoms with E-state index in [2.05, 4.69) is 31.2 Å². The van der Waals surface area contributed by atoms with Crippen molar-refractivity contribution in [3.05, 3.63) is 39.6 Å². The Balaban J connectivity index is 2.29. The minimum atomic E-state index is 0.223. The summed E-state index contributed by atoms with van der Waals surface area (Å²) in [4.78, 5) is 8.63. The third-order valence-corrected chi connectivity index (χ3v) is 3.69. The van der Waals surface area contributed by atoms with Gasteiger partial charge in [0.1, 0.15) is 17.5 Å². The van der Waals surface area contributed by atoms with Gasteiger partial charge in [0, 0.05) is 22.1 Å². The second kappa shape index (κ2) is 5.75. The van der Waals surface area contributed by atoms with Crippen LogP contribution >= 0.6 is 27.5 Å². The molecular weight excluding hydrogens is 328 g/mol. The fraction of sp³-hybridized carbons (Fsp3) is 0.231. The lowest BCUT2D eigenvalue weighted by Gasteiger charge is -2.10. The summed E-state index contributed by atoms with van der Waals surface area (Å²) >= 11 is 9.34. The molecule has 0 spiro atoms. The maximum atomic E-state index is 5.96. The number of anilines is 3. The molecule has 0 unspecified atom stereocenters. The van der Waals surface area contributed by atoms with Crippen molar-refractivity contribution >= 4 is 44.9 Å². The predicted molar refractivity (Wildman–Crippen MR) is 83.0 cm³/mol. The monoisotopic (exact) mass is 340 g/mol. The van der Waals surface area contributed by atoms with E-state index < -0.39 is 0 Å². The number of halogens is 2. The summed E-state index contributed by atoms with van der Waals surface area (Å²) in [6, 6.07) is 7.27. The summed E-state index contributed by atoms with van der Waals surface area (Å²) in [5.41, 5.74) is 6.66. The highest BCUT2D eigenvalue weighted by molar-refractivity contribution is 9.10. The van der Waals surface area contributed by atoms with Crippen molar-refractivity contribution in [2.45, 2.75) is 19.8 Å². The minimum Gasteiger partial charge on any atom is -0.384 e. The van der Waals surface area contributed by atoms with E-state index in [1.54, 1.807) is 6.07 Å². The van der Waals surface area contributed by atoms with Crippen LogP contribution < -0.4 is 11.1 Å². The molecule has 0 bridgehead atoms. The van der Waals surface area contributed by atoms with Crippen molar-refractivity contribution in [3.8, 4) is 0 Å². The number of nitrogens with one attached hydrogen (secondary N) is 1. The molecule has 0 fully saturated rings. The second-order valence-electron chi connectivity index (χ2n) is 4.44. The normalized spacial score (nSPS) is 10.8. The lowest BCUT2D eigenvalue weighted by atomic mass is 10.2. The number of hydrogen-bond acceptors (Lipinski definition) is 4. The van der Waals surface area contributed by atoms with Crippen LogP contribution in [-0.2, 0) is 0 Å². The zero-order valence-electron chi connectivity index (χ0n) is 10.6. The van der Waals surface area contributed by atoms with Crippen LogP contribution in [0.4, 0.5) is 17.3 Å². The third kappa shape index (κ3) is 3.58. The highest BCUT2D eigenvalue weighted by atomic mass is 79.9. The van der Waals surface area contributed by atoms with E-state index in [9.17, 15) is 0 Å². The van der Waals surface area contributed by atoms with E-state index in [-0.39, 0.29) is 5.92 Å². The maximum absolute atomic E-state index is 5.96. The molecule has 0 aliphatic carbocycles. The molecule has 19 heavy (non-hydrogen) atoms. The number of hydrogen-bond donors (Lipinski definition) is 2. The SMILES string of the molecule is CC(C)c1nc(N)cc(Nc2ccc(Cl)c(Br)c2)n1. The number of aromatic nitrogens is 2. The van der Waals surface area contributed by atoms with Gasteiger partial charge >= 0.3 is 0 Å². The average molecular weight is 342 g/mol. The van der Waals surface area contributed by atoms with Gasteiger partial charge in [-0.2, -0.15) is 0 Å². The summed E-state index contributed by atoms with van der Waals surface area (Å²) in [6.45, 7) is 4.05. The fourth-order valence-corrected chi connectivity index (χ4v) is 2.03. The Morgan fingerprint density at radius 3 is 2.63 bits per heavy atom. The second-order valence-corrected chi connectivity index (χ2v) is 5.71. The first-order valence-electron chi connectivity index (χ1n) is 5.82. The van der Waals surface area contributed by atoms with Crippen LogP contribution in [0.15, 0.2) is 28.7 Å². The molecule has 1 aromatic heterocycles. The van der Waals surface area contributed by atoms with E-state index in [0.717, 1.165) is 16.0 Å². The van der Waals surface area contributed by atoms with Crippen molar-refractivity contribution in [3.63, 3.8) is 0 Å². The van der Waals surface area contributed by atoms with Crippen LogP contribution in [0.2, 0.25) is 5.02 Å². The molecule has 0 amide bonds. The van der Waals surface area contributed by atoms with Crippen LogP contribution in [0.5, 0.6) is 0 Å². The molecule has 0 aliphatic heterocycles. The van der Waals surface area contributed by atoms with Gasteiger partial charge in [0.2, 0.25) is 0 Å². The van der Waals surface area contributed by atoms with E-state index in [0.29, 0.717) is 16.7 Å². The summed E-state index contributed by atoms with van der Waals surface area (Å²) in [7, 11) is 0. The number of nitrogens with zero attached hydrogens (tertiary/aromatic N) is 2. The zero-order valence-corrected chi connectivity index (χ0v) is 13.0. The largest absolute Gasteiger partial charge is 0.384 e. The molecule has 0 atom stereocenters. The van der Waals surface area contributed by atoms with Crippen molar-refractivity contribution in [2.24, 2.45) is 0 Å². The Morgan fingerprint density at radius 2 is 2.00 bits per heavy atom. The molecule has 6 heteroatoms. The predicted octanol–water partition coefficient (Wildman–Crippen LogP) is 4.34. The minimum absolute atomic E-state index is 0.223. The first-order valence-corrected chi connectivity index (χ1v) is 6.99. The number of benzene rings is 1. The molecule has 3 N–H and O–H groups in total. The van der Waals surface area contributed by atoms with Crippen molar-refractivity contribution in [1.29, 1.82) is 0 Å². The smallest absolute Gasteiger partial charge is 0.136 e. The lowest BCUT2D eigenvalue weighted by Crippen LogP contribution is -2.04. The van der Waals surface area contributed by atoms with Crippen molar-refractivity contribution in [2.75, 3.05) is 11.1 Å². The molecule has 0 saturated carbocycles.